The van der Waals surface area contributed by atoms with Crippen molar-refractivity contribution in [2.45, 2.75) is 4.90 Å². The highest BCUT2D eigenvalue weighted by molar-refractivity contribution is 7.92. The molecule has 10 heteroatoms. The Bertz CT molecular complexity index is 1160. The molecule has 0 spiro atoms. The maximum absolute atomic E-state index is 12.7. The van der Waals surface area contributed by atoms with E-state index in [-0.39, 0.29) is 10.5 Å². The van der Waals surface area contributed by atoms with Gasteiger partial charge in [0.15, 0.2) is 5.58 Å². The lowest BCUT2D eigenvalue weighted by Crippen LogP contribution is -2.44. The van der Waals surface area contributed by atoms with Crippen molar-refractivity contribution >= 4 is 32.6 Å². The second kappa shape index (κ2) is 6.95. The topological polar surface area (TPSA) is 101 Å². The maximum Gasteiger partial charge on any atom is 0.419 e. The first-order valence-electron chi connectivity index (χ1n) is 8.85. The fourth-order valence-electron chi connectivity index (χ4n) is 3.16. The van der Waals surface area contributed by atoms with Gasteiger partial charge in [0.1, 0.15) is 5.82 Å². The molecule has 0 atom stereocenters. The molecule has 3 aromatic rings. The van der Waals surface area contributed by atoms with E-state index in [1.807, 2.05) is 6.07 Å². The van der Waals surface area contributed by atoms with Gasteiger partial charge in [0.25, 0.3) is 10.0 Å². The number of likely N-dealkylation sites (N-methyl/N-ethyl adjacent to an activating group) is 1. The summed E-state index contributed by atoms with van der Waals surface area (Å²) in [5, 5.41) is 0. The van der Waals surface area contributed by atoms with E-state index in [0.717, 1.165) is 32.0 Å². The SMILES string of the molecule is CN1CCN(c2ccc(NS(=O)(=O)c3ccc4c(c3)oc(=O)n4C)cn2)CC1. The van der Waals surface area contributed by atoms with Crippen LogP contribution in [0.4, 0.5) is 11.5 Å². The number of fused-ring (bicyclic) bond motifs is 1. The van der Waals surface area contributed by atoms with Gasteiger partial charge in [0.2, 0.25) is 0 Å². The molecule has 0 radical (unpaired) electrons. The average Bonchev–Trinajstić information content (AvgIpc) is 2.96. The number of pyridine rings is 1. The Hall–Kier alpha value is -2.85. The van der Waals surface area contributed by atoms with Crippen LogP contribution in [0.5, 0.6) is 0 Å². The normalized spacial score (nSPS) is 15.9. The Balaban J connectivity index is 1.53. The summed E-state index contributed by atoms with van der Waals surface area (Å²) in [6.45, 7) is 3.70. The molecule has 0 unspecified atom stereocenters. The van der Waals surface area contributed by atoms with Crippen molar-refractivity contribution in [1.82, 2.24) is 14.5 Å². The first-order valence-corrected chi connectivity index (χ1v) is 10.3. The predicted molar refractivity (Wildman–Crippen MR) is 106 cm³/mol. The van der Waals surface area contributed by atoms with Crippen molar-refractivity contribution < 1.29 is 12.8 Å². The lowest BCUT2D eigenvalue weighted by molar-refractivity contribution is 0.312. The van der Waals surface area contributed by atoms with Gasteiger partial charge in [-0.15, -0.1) is 0 Å². The molecule has 0 amide bonds. The molecule has 28 heavy (non-hydrogen) atoms. The Morgan fingerprint density at radius 3 is 2.50 bits per heavy atom. The molecule has 4 rings (SSSR count). The van der Waals surface area contributed by atoms with Crippen LogP contribution in [0.25, 0.3) is 11.1 Å². The van der Waals surface area contributed by atoms with Gasteiger partial charge < -0.3 is 14.2 Å². The number of anilines is 2. The number of nitrogens with zero attached hydrogens (tertiary/aromatic N) is 4. The zero-order chi connectivity index (χ0) is 19.9. The fourth-order valence-corrected chi connectivity index (χ4v) is 4.22. The summed E-state index contributed by atoms with van der Waals surface area (Å²) >= 11 is 0. The van der Waals surface area contributed by atoms with Crippen LogP contribution in [-0.2, 0) is 17.1 Å². The number of piperazine rings is 1. The summed E-state index contributed by atoms with van der Waals surface area (Å²) in [7, 11) is -0.187. The number of benzene rings is 1. The van der Waals surface area contributed by atoms with Gasteiger partial charge in [-0.1, -0.05) is 0 Å². The summed E-state index contributed by atoms with van der Waals surface area (Å²) in [6, 6.07) is 7.82. The predicted octanol–water partition coefficient (Wildman–Crippen LogP) is 1.08. The molecule has 0 bridgehead atoms. The summed E-state index contributed by atoms with van der Waals surface area (Å²) in [5.74, 6) is 0.282. The minimum atomic E-state index is -3.83. The van der Waals surface area contributed by atoms with Crippen molar-refractivity contribution in [2.75, 3.05) is 42.8 Å². The number of oxazole rings is 1. The first-order chi connectivity index (χ1) is 13.3. The second-order valence-electron chi connectivity index (χ2n) is 6.86. The van der Waals surface area contributed by atoms with Crippen molar-refractivity contribution in [1.29, 1.82) is 0 Å². The van der Waals surface area contributed by atoms with Gasteiger partial charge in [0.05, 0.1) is 22.3 Å². The van der Waals surface area contributed by atoms with Gasteiger partial charge in [-0.05, 0) is 31.3 Å². The van der Waals surface area contributed by atoms with Gasteiger partial charge >= 0.3 is 5.76 Å². The number of hydrogen-bond donors (Lipinski definition) is 1. The highest BCUT2D eigenvalue weighted by Gasteiger charge is 2.18. The summed E-state index contributed by atoms with van der Waals surface area (Å²) in [6.07, 6.45) is 1.51. The molecular formula is C18H21N5O4S. The summed E-state index contributed by atoms with van der Waals surface area (Å²) in [5.41, 5.74) is 1.12. The monoisotopic (exact) mass is 403 g/mol. The third kappa shape index (κ3) is 3.48. The summed E-state index contributed by atoms with van der Waals surface area (Å²) < 4.78 is 34.3. The smallest absolute Gasteiger partial charge is 0.408 e. The second-order valence-corrected chi connectivity index (χ2v) is 8.54. The Morgan fingerprint density at radius 1 is 1.07 bits per heavy atom. The van der Waals surface area contributed by atoms with Crippen LogP contribution >= 0.6 is 0 Å². The van der Waals surface area contributed by atoms with Gasteiger partial charge in [-0.2, -0.15) is 0 Å². The van der Waals surface area contributed by atoms with E-state index in [0.29, 0.717) is 11.2 Å². The minimum absolute atomic E-state index is 0.0116. The molecule has 1 aliphatic heterocycles. The van der Waals surface area contributed by atoms with Crippen LogP contribution in [0.2, 0.25) is 0 Å². The van der Waals surface area contributed by atoms with Crippen LogP contribution in [-0.4, -0.2) is 56.1 Å². The first kappa shape index (κ1) is 18.5. The van der Waals surface area contributed by atoms with Gasteiger partial charge in [-0.3, -0.25) is 9.29 Å². The van der Waals surface area contributed by atoms with Crippen LogP contribution in [0.1, 0.15) is 0 Å². The van der Waals surface area contributed by atoms with E-state index < -0.39 is 15.8 Å². The lowest BCUT2D eigenvalue weighted by Gasteiger charge is -2.33. The number of nitrogens with one attached hydrogen (secondary N) is 1. The van der Waals surface area contributed by atoms with Crippen molar-refractivity contribution in [3.8, 4) is 0 Å². The average molecular weight is 403 g/mol. The van der Waals surface area contributed by atoms with Crippen molar-refractivity contribution in [3.05, 3.63) is 47.1 Å². The largest absolute Gasteiger partial charge is 0.419 e. The molecule has 2 aromatic heterocycles. The quantitative estimate of drug-likeness (QED) is 0.696. The van der Waals surface area contributed by atoms with E-state index in [2.05, 4.69) is 26.6 Å². The number of sulfonamides is 1. The molecule has 1 saturated heterocycles. The third-order valence-electron chi connectivity index (χ3n) is 4.90. The number of aryl methyl sites for hydroxylation is 1. The zero-order valence-electron chi connectivity index (χ0n) is 15.6. The molecule has 1 N–H and O–H groups in total. The Labute approximate surface area is 162 Å². The van der Waals surface area contributed by atoms with Crippen molar-refractivity contribution in [3.63, 3.8) is 0 Å². The molecule has 3 heterocycles. The highest BCUT2D eigenvalue weighted by Crippen LogP contribution is 2.22. The molecular weight excluding hydrogens is 382 g/mol. The number of aromatic nitrogens is 2. The van der Waals surface area contributed by atoms with Crippen LogP contribution in [0.3, 0.4) is 0 Å². The summed E-state index contributed by atoms with van der Waals surface area (Å²) in [4.78, 5) is 20.4. The Kier molecular flexibility index (Phi) is 4.60. The molecule has 0 saturated carbocycles. The lowest BCUT2D eigenvalue weighted by atomic mass is 10.3. The number of hydrogen-bond acceptors (Lipinski definition) is 7. The van der Waals surface area contributed by atoms with Crippen LogP contribution in [0.15, 0.2) is 50.6 Å². The molecule has 1 aromatic carbocycles. The van der Waals surface area contributed by atoms with Crippen LogP contribution in [0, 0.1) is 0 Å². The Morgan fingerprint density at radius 2 is 1.82 bits per heavy atom. The van der Waals surface area contributed by atoms with Crippen LogP contribution < -0.4 is 15.4 Å². The van der Waals surface area contributed by atoms with Gasteiger partial charge in [0, 0.05) is 39.3 Å². The van der Waals surface area contributed by atoms with E-state index >= 15 is 0 Å². The molecule has 1 fully saturated rings. The highest BCUT2D eigenvalue weighted by atomic mass is 32.2. The van der Waals surface area contributed by atoms with E-state index in [1.54, 1.807) is 19.2 Å². The van der Waals surface area contributed by atoms with E-state index in [1.165, 1.54) is 22.9 Å². The minimum Gasteiger partial charge on any atom is -0.408 e. The standard InChI is InChI=1S/C18H21N5O4S/c1-21-7-9-23(10-8-21)17-6-3-13(12-19-17)20-28(25,26)14-4-5-15-16(11-14)27-18(24)22(15)2/h3-6,11-12,20H,7-10H2,1-2H3. The molecule has 1 aliphatic rings. The van der Waals surface area contributed by atoms with Gasteiger partial charge in [-0.25, -0.2) is 18.2 Å². The fraction of sp³-hybridized carbons (Fsp3) is 0.333. The number of rotatable bonds is 4. The maximum atomic E-state index is 12.7. The molecule has 9 nitrogen and oxygen atoms in total. The van der Waals surface area contributed by atoms with Crippen molar-refractivity contribution in [2.24, 2.45) is 7.05 Å². The van der Waals surface area contributed by atoms with E-state index in [4.69, 9.17) is 4.42 Å². The zero-order valence-corrected chi connectivity index (χ0v) is 16.4. The van der Waals surface area contributed by atoms with E-state index in [9.17, 15) is 13.2 Å². The molecule has 0 aliphatic carbocycles. The third-order valence-corrected chi connectivity index (χ3v) is 6.28. The molecule has 148 valence electrons.